The number of hydrogen-bond acceptors (Lipinski definition) is 4. The molecule has 114 valence electrons. The summed E-state index contributed by atoms with van der Waals surface area (Å²) in [7, 11) is 0. The molecule has 0 spiro atoms. The Morgan fingerprint density at radius 1 is 1.27 bits per heavy atom. The molecule has 22 heavy (non-hydrogen) atoms. The van der Waals surface area contributed by atoms with Gasteiger partial charge in [-0.1, -0.05) is 35.3 Å². The number of nitrogens with two attached hydrogens (primary N) is 1. The van der Waals surface area contributed by atoms with E-state index in [1.165, 1.54) is 0 Å². The molecule has 1 atom stereocenters. The number of hydrogen-bond donors (Lipinski definition) is 2. The molecule has 0 aliphatic carbocycles. The van der Waals surface area contributed by atoms with Crippen molar-refractivity contribution in [2.45, 2.75) is 11.0 Å². The van der Waals surface area contributed by atoms with Crippen LogP contribution in [0.5, 0.6) is 5.75 Å². The summed E-state index contributed by atoms with van der Waals surface area (Å²) in [5.41, 5.74) is 6.45. The van der Waals surface area contributed by atoms with Crippen LogP contribution >= 0.6 is 35.0 Å². The van der Waals surface area contributed by atoms with Gasteiger partial charge in [-0.15, -0.1) is 11.8 Å². The molecule has 0 bridgehead atoms. The smallest absolute Gasteiger partial charge is 0.266 e. The molecule has 0 fully saturated rings. The lowest BCUT2D eigenvalue weighted by molar-refractivity contribution is -0.122. The SMILES string of the molecule is Nc1c(Cl)cc(NC(=O)[C@H]2CSc3ccccc3O2)cc1Cl. The molecule has 1 amide bonds. The second-order valence-corrected chi connectivity index (χ2v) is 6.58. The van der Waals surface area contributed by atoms with E-state index in [2.05, 4.69) is 5.32 Å². The Labute approximate surface area is 141 Å². The van der Waals surface area contributed by atoms with Crippen molar-refractivity contribution >= 4 is 52.2 Å². The minimum atomic E-state index is -0.574. The lowest BCUT2D eigenvalue weighted by Crippen LogP contribution is -2.36. The van der Waals surface area contributed by atoms with Gasteiger partial charge in [0.1, 0.15) is 5.75 Å². The molecule has 4 nitrogen and oxygen atoms in total. The van der Waals surface area contributed by atoms with Gasteiger partial charge in [-0.2, -0.15) is 0 Å². The van der Waals surface area contributed by atoms with Gasteiger partial charge in [0.15, 0.2) is 6.10 Å². The van der Waals surface area contributed by atoms with Gasteiger partial charge >= 0.3 is 0 Å². The van der Waals surface area contributed by atoms with E-state index in [9.17, 15) is 4.79 Å². The van der Waals surface area contributed by atoms with Crippen molar-refractivity contribution in [1.82, 2.24) is 0 Å². The zero-order valence-corrected chi connectivity index (χ0v) is 13.6. The Hall–Kier alpha value is -1.56. The van der Waals surface area contributed by atoms with Crippen molar-refractivity contribution in [3.8, 4) is 5.75 Å². The van der Waals surface area contributed by atoms with Crippen molar-refractivity contribution in [1.29, 1.82) is 0 Å². The topological polar surface area (TPSA) is 64.3 Å². The number of amides is 1. The number of fused-ring (bicyclic) bond motifs is 1. The lowest BCUT2D eigenvalue weighted by Gasteiger charge is -2.24. The van der Waals surface area contributed by atoms with Gasteiger partial charge in [-0.3, -0.25) is 4.79 Å². The van der Waals surface area contributed by atoms with E-state index in [4.69, 9.17) is 33.7 Å². The molecule has 0 unspecified atom stereocenters. The molecule has 2 aromatic carbocycles. The zero-order chi connectivity index (χ0) is 15.7. The number of anilines is 2. The summed E-state index contributed by atoms with van der Waals surface area (Å²) in [4.78, 5) is 13.4. The number of benzene rings is 2. The number of carbonyl (C=O) groups is 1. The quantitative estimate of drug-likeness (QED) is 0.798. The minimum Gasteiger partial charge on any atom is -0.479 e. The fourth-order valence-electron chi connectivity index (χ4n) is 2.03. The maximum Gasteiger partial charge on any atom is 0.266 e. The molecule has 1 aliphatic rings. The number of thioether (sulfide) groups is 1. The zero-order valence-electron chi connectivity index (χ0n) is 11.3. The van der Waals surface area contributed by atoms with Crippen molar-refractivity contribution in [2.24, 2.45) is 0 Å². The number of nitrogens with one attached hydrogen (secondary N) is 1. The van der Waals surface area contributed by atoms with Crippen molar-refractivity contribution < 1.29 is 9.53 Å². The van der Waals surface area contributed by atoms with Crippen LogP contribution in [0.3, 0.4) is 0 Å². The van der Waals surface area contributed by atoms with Gasteiger partial charge in [0.25, 0.3) is 5.91 Å². The molecule has 3 rings (SSSR count). The largest absolute Gasteiger partial charge is 0.479 e. The van der Waals surface area contributed by atoms with E-state index in [1.54, 1.807) is 23.9 Å². The number of ether oxygens (including phenoxy) is 1. The molecule has 0 radical (unpaired) electrons. The molecule has 2 aromatic rings. The van der Waals surface area contributed by atoms with Crippen LogP contribution in [0.15, 0.2) is 41.3 Å². The average Bonchev–Trinajstić information content (AvgIpc) is 2.52. The van der Waals surface area contributed by atoms with Crippen LogP contribution in [0.1, 0.15) is 0 Å². The first-order valence-electron chi connectivity index (χ1n) is 6.48. The third kappa shape index (κ3) is 3.11. The molecular weight excluding hydrogens is 343 g/mol. The molecule has 1 heterocycles. The Bertz CT molecular complexity index is 716. The third-order valence-corrected chi connectivity index (χ3v) is 4.89. The predicted molar refractivity (Wildman–Crippen MR) is 91.1 cm³/mol. The van der Waals surface area contributed by atoms with E-state index in [-0.39, 0.29) is 5.91 Å². The van der Waals surface area contributed by atoms with Crippen LogP contribution in [-0.2, 0) is 4.79 Å². The van der Waals surface area contributed by atoms with Crippen molar-refractivity contribution in [3.05, 3.63) is 46.4 Å². The van der Waals surface area contributed by atoms with Crippen LogP contribution < -0.4 is 15.8 Å². The lowest BCUT2D eigenvalue weighted by atomic mass is 10.2. The number of rotatable bonds is 2. The number of para-hydroxylation sites is 1. The molecule has 7 heteroatoms. The first-order chi connectivity index (χ1) is 10.5. The summed E-state index contributed by atoms with van der Waals surface area (Å²) >= 11 is 13.5. The summed E-state index contributed by atoms with van der Waals surface area (Å²) in [6.45, 7) is 0. The van der Waals surface area contributed by atoms with E-state index >= 15 is 0 Å². The summed E-state index contributed by atoms with van der Waals surface area (Å²) in [5, 5.41) is 3.35. The highest BCUT2D eigenvalue weighted by Crippen LogP contribution is 2.35. The molecule has 0 saturated heterocycles. The highest BCUT2D eigenvalue weighted by molar-refractivity contribution is 7.99. The Morgan fingerprint density at radius 3 is 2.68 bits per heavy atom. The maximum absolute atomic E-state index is 12.3. The number of nitrogen functional groups attached to an aromatic ring is 1. The molecule has 0 saturated carbocycles. The third-order valence-electron chi connectivity index (χ3n) is 3.15. The van der Waals surface area contributed by atoms with Crippen molar-refractivity contribution in [3.63, 3.8) is 0 Å². The summed E-state index contributed by atoms with van der Waals surface area (Å²) in [6.07, 6.45) is -0.574. The second kappa shape index (κ2) is 6.28. The first kappa shape index (κ1) is 15.3. The molecular formula is C15H12Cl2N2O2S. The van der Waals surface area contributed by atoms with E-state index in [1.807, 2.05) is 24.3 Å². The monoisotopic (exact) mass is 354 g/mol. The fraction of sp³-hybridized carbons (Fsp3) is 0.133. The molecule has 1 aliphatic heterocycles. The Balaban J connectivity index is 1.73. The van der Waals surface area contributed by atoms with Crippen molar-refractivity contribution in [2.75, 3.05) is 16.8 Å². The molecule has 0 aromatic heterocycles. The summed E-state index contributed by atoms with van der Waals surface area (Å²) in [5.74, 6) is 1.01. The summed E-state index contributed by atoms with van der Waals surface area (Å²) in [6, 6.07) is 10.7. The highest BCUT2D eigenvalue weighted by Gasteiger charge is 2.26. The van der Waals surface area contributed by atoms with Crippen LogP contribution in [0, 0.1) is 0 Å². The van der Waals surface area contributed by atoms with E-state index in [0.29, 0.717) is 32.9 Å². The van der Waals surface area contributed by atoms with E-state index < -0.39 is 6.10 Å². The van der Waals surface area contributed by atoms with Crippen LogP contribution in [-0.4, -0.2) is 17.8 Å². The van der Waals surface area contributed by atoms with Crippen LogP contribution in [0.25, 0.3) is 0 Å². The maximum atomic E-state index is 12.3. The Kier molecular flexibility index (Phi) is 4.38. The standard InChI is InChI=1S/C15H12Cl2N2O2S/c16-9-5-8(6-10(17)14(9)18)19-15(20)12-7-22-13-4-2-1-3-11(13)21-12/h1-6,12H,7,18H2,(H,19,20)/t12-/m1/s1. The first-order valence-corrected chi connectivity index (χ1v) is 8.22. The van der Waals surface area contributed by atoms with Gasteiger partial charge in [-0.05, 0) is 24.3 Å². The fourth-order valence-corrected chi connectivity index (χ4v) is 3.50. The van der Waals surface area contributed by atoms with Gasteiger partial charge in [0.05, 0.1) is 15.7 Å². The normalized spacial score (nSPS) is 16.5. The Morgan fingerprint density at radius 2 is 1.95 bits per heavy atom. The van der Waals surface area contributed by atoms with Gasteiger partial charge in [0, 0.05) is 16.3 Å². The minimum absolute atomic E-state index is 0.251. The van der Waals surface area contributed by atoms with E-state index in [0.717, 1.165) is 4.90 Å². The van der Waals surface area contributed by atoms with Gasteiger partial charge in [0.2, 0.25) is 0 Å². The molecule has 3 N–H and O–H groups in total. The summed E-state index contributed by atoms with van der Waals surface area (Å²) < 4.78 is 5.73. The number of carbonyl (C=O) groups excluding carboxylic acids is 1. The van der Waals surface area contributed by atoms with Gasteiger partial charge < -0.3 is 15.8 Å². The predicted octanol–water partition coefficient (Wildman–Crippen LogP) is 4.07. The van der Waals surface area contributed by atoms with Gasteiger partial charge in [-0.25, -0.2) is 0 Å². The highest BCUT2D eigenvalue weighted by atomic mass is 35.5. The van der Waals surface area contributed by atoms with Crippen LogP contribution in [0.4, 0.5) is 11.4 Å². The van der Waals surface area contributed by atoms with Crippen LogP contribution in [0.2, 0.25) is 10.0 Å². The average molecular weight is 355 g/mol. The number of halogens is 2. The second-order valence-electron chi connectivity index (χ2n) is 4.71.